The van der Waals surface area contributed by atoms with Crippen molar-refractivity contribution in [3.05, 3.63) is 94.7 Å². The minimum atomic E-state index is 0.384. The summed E-state index contributed by atoms with van der Waals surface area (Å²) in [5.74, 6) is 1.55. The molecule has 3 aromatic carbocycles. The second-order valence-electron chi connectivity index (χ2n) is 11.2. The van der Waals surface area contributed by atoms with Crippen molar-refractivity contribution in [2.75, 3.05) is 0 Å². The van der Waals surface area contributed by atoms with Crippen molar-refractivity contribution in [3.63, 3.8) is 0 Å². The zero-order valence-electron chi connectivity index (χ0n) is 23.5. The van der Waals surface area contributed by atoms with Crippen LogP contribution in [-0.4, -0.2) is 9.90 Å². The van der Waals surface area contributed by atoms with E-state index in [-0.39, 0.29) is 0 Å². The number of rotatable bonds is 7. The Morgan fingerprint density at radius 2 is 1.03 bits per heavy atom. The predicted molar refractivity (Wildman–Crippen MR) is 152 cm³/mol. The summed E-state index contributed by atoms with van der Waals surface area (Å²) in [7, 11) is 0. The lowest BCUT2D eigenvalue weighted by Crippen LogP contribution is -2.39. The topological polar surface area (TPSA) is 21.7 Å². The minimum absolute atomic E-state index is 0.384. The van der Waals surface area contributed by atoms with Crippen LogP contribution in [0.3, 0.4) is 0 Å². The van der Waals surface area contributed by atoms with Gasteiger partial charge in [0.15, 0.2) is 17.1 Å². The van der Waals surface area contributed by atoms with Gasteiger partial charge in [0.1, 0.15) is 5.21 Å². The van der Waals surface area contributed by atoms with Gasteiger partial charge in [-0.3, -0.25) is 0 Å². The molecule has 1 heterocycles. The standard InChI is InChI=1S/C33H42N3/c1-21(2)27-17-13-18-28(22(3)4)32(27)35-25(9)31(26-15-11-10-12-16-26)36(34-35)33-29(23(5)6)19-14-20-30(33)24(7)8/h10-24H,1-9H3/q+1. The monoisotopic (exact) mass is 480 g/mol. The first-order valence-electron chi connectivity index (χ1n) is 13.5. The van der Waals surface area contributed by atoms with Gasteiger partial charge in [-0.15, -0.1) is 0 Å². The number of benzene rings is 3. The van der Waals surface area contributed by atoms with Gasteiger partial charge in [-0.25, -0.2) is 0 Å². The quantitative estimate of drug-likeness (QED) is 0.243. The lowest BCUT2D eigenvalue weighted by Gasteiger charge is -2.16. The van der Waals surface area contributed by atoms with Crippen LogP contribution in [0.2, 0.25) is 0 Å². The molecule has 0 spiro atoms. The van der Waals surface area contributed by atoms with Crippen molar-refractivity contribution in [2.24, 2.45) is 0 Å². The maximum absolute atomic E-state index is 5.43. The van der Waals surface area contributed by atoms with Crippen LogP contribution in [0.4, 0.5) is 0 Å². The third-order valence-electron chi connectivity index (χ3n) is 7.21. The lowest BCUT2D eigenvalue weighted by molar-refractivity contribution is -0.667. The van der Waals surface area contributed by atoms with Crippen LogP contribution in [0, 0.1) is 6.92 Å². The molecule has 0 fully saturated rings. The number of hydrogen-bond acceptors (Lipinski definition) is 1. The Kier molecular flexibility index (Phi) is 7.49. The number of aromatic nitrogens is 3. The smallest absolute Gasteiger partial charge is 0.0977 e. The number of nitrogens with zero attached hydrogens (tertiary/aromatic N) is 3. The van der Waals surface area contributed by atoms with Gasteiger partial charge in [0, 0.05) is 34.7 Å². The van der Waals surface area contributed by atoms with Crippen LogP contribution in [0.15, 0.2) is 66.7 Å². The number of para-hydroxylation sites is 2. The first kappa shape index (κ1) is 25.9. The Hall–Kier alpha value is -3.20. The van der Waals surface area contributed by atoms with E-state index in [1.54, 1.807) is 0 Å². The molecule has 0 aliphatic rings. The zero-order valence-corrected chi connectivity index (χ0v) is 23.5. The molecule has 4 aromatic rings. The SMILES string of the molecule is Cc1c(-c2ccccc2)n(-c2c(C(C)C)cccc2C(C)C)n[n+]1-c1c(C(C)C)cccc1C(C)C. The van der Waals surface area contributed by atoms with E-state index in [1.165, 1.54) is 39.2 Å². The molecule has 0 amide bonds. The fourth-order valence-corrected chi connectivity index (χ4v) is 5.26. The zero-order chi connectivity index (χ0) is 26.1. The van der Waals surface area contributed by atoms with Crippen LogP contribution < -0.4 is 4.68 Å². The molecule has 0 saturated carbocycles. The van der Waals surface area contributed by atoms with Crippen molar-refractivity contribution >= 4 is 0 Å². The maximum Gasteiger partial charge on any atom is 0.207 e. The lowest BCUT2D eigenvalue weighted by atomic mass is 9.92. The molecule has 0 N–H and O–H groups in total. The van der Waals surface area contributed by atoms with Gasteiger partial charge in [0.05, 0.1) is 0 Å². The molecule has 1 aromatic heterocycles. The summed E-state index contributed by atoms with van der Waals surface area (Å²) in [6.45, 7) is 20.4. The summed E-state index contributed by atoms with van der Waals surface area (Å²) in [5.41, 5.74) is 11.3. The van der Waals surface area contributed by atoms with Gasteiger partial charge in [-0.1, -0.05) is 131 Å². The third kappa shape index (κ3) is 4.64. The maximum atomic E-state index is 5.43. The summed E-state index contributed by atoms with van der Waals surface area (Å²) in [4.78, 5) is 0. The summed E-state index contributed by atoms with van der Waals surface area (Å²) in [6.07, 6.45) is 0. The highest BCUT2D eigenvalue weighted by atomic mass is 15.5. The molecule has 0 unspecified atom stereocenters. The molecule has 0 saturated heterocycles. The molecule has 4 rings (SSSR count). The molecular formula is C33H42N3+. The van der Waals surface area contributed by atoms with Crippen LogP contribution in [0.25, 0.3) is 22.6 Å². The van der Waals surface area contributed by atoms with Crippen LogP contribution >= 0.6 is 0 Å². The largest absolute Gasteiger partial charge is 0.207 e. The Morgan fingerprint density at radius 1 is 0.583 bits per heavy atom. The van der Waals surface area contributed by atoms with E-state index >= 15 is 0 Å². The molecule has 0 radical (unpaired) electrons. The average molecular weight is 481 g/mol. The average Bonchev–Trinajstić information content (AvgIpc) is 3.19. The van der Waals surface area contributed by atoms with Crippen LogP contribution in [0.1, 0.15) is 107 Å². The molecule has 0 atom stereocenters. The summed E-state index contributed by atoms with van der Waals surface area (Å²) in [5, 5.41) is 5.43. The Bertz CT molecular complexity index is 1290. The van der Waals surface area contributed by atoms with Crippen molar-refractivity contribution in [3.8, 4) is 22.6 Å². The van der Waals surface area contributed by atoms with Gasteiger partial charge >= 0.3 is 0 Å². The molecule has 0 aliphatic heterocycles. The Labute approximate surface area is 217 Å². The van der Waals surface area contributed by atoms with E-state index in [1.807, 2.05) is 0 Å². The van der Waals surface area contributed by atoms with Gasteiger partial charge in [-0.2, -0.15) is 0 Å². The Balaban J connectivity index is 2.17. The predicted octanol–water partition coefficient (Wildman–Crippen LogP) is 8.62. The third-order valence-corrected chi connectivity index (χ3v) is 7.21. The van der Waals surface area contributed by atoms with Crippen molar-refractivity contribution in [1.82, 2.24) is 9.90 Å². The summed E-state index contributed by atoms with van der Waals surface area (Å²) >= 11 is 0. The van der Waals surface area contributed by atoms with E-state index in [9.17, 15) is 0 Å². The first-order chi connectivity index (χ1) is 17.1. The highest BCUT2D eigenvalue weighted by Crippen LogP contribution is 2.35. The van der Waals surface area contributed by atoms with Crippen LogP contribution in [0.5, 0.6) is 0 Å². The highest BCUT2D eigenvalue weighted by Gasteiger charge is 2.33. The second-order valence-corrected chi connectivity index (χ2v) is 11.2. The van der Waals surface area contributed by atoms with Gasteiger partial charge < -0.3 is 0 Å². The van der Waals surface area contributed by atoms with E-state index in [4.69, 9.17) is 5.21 Å². The van der Waals surface area contributed by atoms with E-state index in [0.29, 0.717) is 23.7 Å². The molecule has 188 valence electrons. The number of hydrogen-bond donors (Lipinski definition) is 0. The van der Waals surface area contributed by atoms with E-state index in [0.717, 1.165) is 11.4 Å². The summed E-state index contributed by atoms with van der Waals surface area (Å²) < 4.78 is 4.45. The minimum Gasteiger partial charge on any atom is -0.0977 e. The molecule has 3 nitrogen and oxygen atoms in total. The molecule has 0 bridgehead atoms. The van der Waals surface area contributed by atoms with Crippen molar-refractivity contribution in [1.29, 1.82) is 0 Å². The summed E-state index contributed by atoms with van der Waals surface area (Å²) in [6, 6.07) is 24.2. The normalized spacial score (nSPS) is 11.9. The first-order valence-corrected chi connectivity index (χ1v) is 13.5. The second kappa shape index (κ2) is 10.4. The highest BCUT2D eigenvalue weighted by molar-refractivity contribution is 5.66. The fraction of sp³-hybridized carbons (Fsp3) is 0.394. The van der Waals surface area contributed by atoms with Gasteiger partial charge in [0.2, 0.25) is 5.69 Å². The van der Waals surface area contributed by atoms with Crippen LogP contribution in [-0.2, 0) is 0 Å². The fourth-order valence-electron chi connectivity index (χ4n) is 5.26. The molecule has 0 aliphatic carbocycles. The van der Waals surface area contributed by atoms with Gasteiger partial charge in [0.25, 0.3) is 0 Å². The molecule has 36 heavy (non-hydrogen) atoms. The van der Waals surface area contributed by atoms with E-state index < -0.39 is 0 Å². The Morgan fingerprint density at radius 3 is 1.47 bits per heavy atom. The van der Waals surface area contributed by atoms with E-state index in [2.05, 4.69) is 138 Å². The molecular weight excluding hydrogens is 438 g/mol. The van der Waals surface area contributed by atoms with Crippen molar-refractivity contribution in [2.45, 2.75) is 86.0 Å². The molecule has 3 heteroatoms. The van der Waals surface area contributed by atoms with Crippen molar-refractivity contribution < 1.29 is 4.68 Å². The van der Waals surface area contributed by atoms with Gasteiger partial charge in [-0.05, 0) is 23.7 Å².